The van der Waals surface area contributed by atoms with Gasteiger partial charge in [0.1, 0.15) is 11.6 Å². The average molecular weight is 491 g/mol. The molecule has 0 bridgehead atoms. The number of halogens is 1. The molecule has 5 nitrogen and oxygen atoms in total. The molecule has 0 N–H and O–H groups in total. The van der Waals surface area contributed by atoms with Gasteiger partial charge in [-0.3, -0.25) is 4.79 Å². The number of carbonyl (C=O) groups excluding carboxylic acids is 1. The zero-order valence-electron chi connectivity index (χ0n) is 21.6. The lowest BCUT2D eigenvalue weighted by molar-refractivity contribution is -0.143. The first-order valence-corrected chi connectivity index (χ1v) is 12.6. The summed E-state index contributed by atoms with van der Waals surface area (Å²) >= 11 is 0. The smallest absolute Gasteiger partial charge is 0.306 e. The van der Waals surface area contributed by atoms with Crippen LogP contribution in [-0.2, 0) is 28.9 Å². The molecule has 6 heteroatoms. The minimum absolute atomic E-state index is 0.179. The minimum atomic E-state index is -0.302. The number of rotatable bonds is 9. The monoisotopic (exact) mass is 490 g/mol. The first-order valence-electron chi connectivity index (χ1n) is 12.6. The van der Waals surface area contributed by atoms with Crippen molar-refractivity contribution in [1.82, 2.24) is 0 Å². The number of anilines is 3. The Morgan fingerprint density at radius 2 is 1.92 bits per heavy atom. The average Bonchev–Trinajstić information content (AvgIpc) is 2.89. The highest BCUT2D eigenvalue weighted by Crippen LogP contribution is 2.39. The molecule has 0 radical (unpaired) electrons. The summed E-state index contributed by atoms with van der Waals surface area (Å²) in [5.41, 5.74) is 7.52. The van der Waals surface area contributed by atoms with Gasteiger partial charge in [-0.05, 0) is 79.6 Å². The van der Waals surface area contributed by atoms with Gasteiger partial charge >= 0.3 is 5.97 Å². The van der Waals surface area contributed by atoms with Crippen LogP contribution < -0.4 is 14.5 Å². The number of nitrogens with zero attached hydrogens (tertiary/aromatic N) is 2. The van der Waals surface area contributed by atoms with E-state index in [0.29, 0.717) is 25.1 Å². The zero-order valence-corrected chi connectivity index (χ0v) is 21.6. The van der Waals surface area contributed by atoms with Crippen LogP contribution in [-0.4, -0.2) is 33.3 Å². The molecule has 0 saturated heterocycles. The number of carbonyl (C=O) groups is 1. The molecule has 36 heavy (non-hydrogen) atoms. The lowest BCUT2D eigenvalue weighted by atomic mass is 9.94. The van der Waals surface area contributed by atoms with Crippen molar-refractivity contribution in [2.75, 3.05) is 37.1 Å². The van der Waals surface area contributed by atoms with Gasteiger partial charge in [0.25, 0.3) is 0 Å². The number of hydrogen-bond acceptors (Lipinski definition) is 5. The van der Waals surface area contributed by atoms with Gasteiger partial charge in [-0.2, -0.15) is 0 Å². The van der Waals surface area contributed by atoms with Crippen LogP contribution in [0.2, 0.25) is 0 Å². The summed E-state index contributed by atoms with van der Waals surface area (Å²) in [5.74, 6) is 0.250. The van der Waals surface area contributed by atoms with Gasteiger partial charge in [0, 0.05) is 49.7 Å². The van der Waals surface area contributed by atoms with E-state index in [0.717, 1.165) is 36.5 Å². The molecule has 1 heterocycles. The molecule has 0 aromatic heterocycles. The second kappa shape index (κ2) is 11.5. The molecule has 0 aliphatic carbocycles. The highest BCUT2D eigenvalue weighted by molar-refractivity contribution is 5.73. The third-order valence-electron chi connectivity index (χ3n) is 6.88. The predicted molar refractivity (Wildman–Crippen MR) is 143 cm³/mol. The summed E-state index contributed by atoms with van der Waals surface area (Å²) in [5, 5.41) is 0. The topological polar surface area (TPSA) is 42.0 Å². The second-order valence-corrected chi connectivity index (χ2v) is 9.25. The number of benzene rings is 3. The Hall–Kier alpha value is -3.54. The van der Waals surface area contributed by atoms with Crippen molar-refractivity contribution >= 4 is 23.0 Å². The summed E-state index contributed by atoms with van der Waals surface area (Å²) in [7, 11) is 3.67. The molecule has 4 rings (SSSR count). The molecule has 0 atom stereocenters. The highest BCUT2D eigenvalue weighted by atomic mass is 19.1. The Labute approximate surface area is 213 Å². The van der Waals surface area contributed by atoms with E-state index in [1.54, 1.807) is 26.2 Å². The van der Waals surface area contributed by atoms with Gasteiger partial charge in [0.05, 0.1) is 13.7 Å². The molecule has 3 aromatic rings. The van der Waals surface area contributed by atoms with Crippen LogP contribution >= 0.6 is 0 Å². The standard InChI is InChI=1S/C30H35FN2O3/c1-5-36-29(34)16-14-22-13-15-25(19-28(22)31)32(3)20-24-12-11-23-8-7-17-33(30(23)21(24)2)26-9-6-10-27(18-26)35-4/h6,9-13,15,18-19H,5,7-8,14,16-17,20H2,1-4H3. The molecular weight excluding hydrogens is 455 g/mol. The van der Waals surface area contributed by atoms with E-state index in [1.807, 2.05) is 25.2 Å². The Morgan fingerprint density at radius 3 is 2.67 bits per heavy atom. The lowest BCUT2D eigenvalue weighted by Crippen LogP contribution is -2.26. The third-order valence-corrected chi connectivity index (χ3v) is 6.88. The summed E-state index contributed by atoms with van der Waals surface area (Å²) in [4.78, 5) is 16.1. The second-order valence-electron chi connectivity index (χ2n) is 9.25. The Morgan fingerprint density at radius 1 is 1.11 bits per heavy atom. The predicted octanol–water partition coefficient (Wildman–Crippen LogP) is 6.36. The number of esters is 1. The summed E-state index contributed by atoms with van der Waals surface area (Å²) in [6.45, 7) is 5.90. The SMILES string of the molecule is CCOC(=O)CCc1ccc(N(C)Cc2ccc3c(c2C)N(c2cccc(OC)c2)CCC3)cc1F. The van der Waals surface area contributed by atoms with Crippen LogP contribution in [0, 0.1) is 12.7 Å². The number of fused-ring (bicyclic) bond motifs is 1. The fourth-order valence-electron chi connectivity index (χ4n) is 4.92. The first-order chi connectivity index (χ1) is 17.4. The van der Waals surface area contributed by atoms with Crippen LogP contribution in [0.3, 0.4) is 0 Å². The van der Waals surface area contributed by atoms with Crippen molar-refractivity contribution in [1.29, 1.82) is 0 Å². The van der Waals surface area contributed by atoms with Gasteiger partial charge in [0.2, 0.25) is 0 Å². The van der Waals surface area contributed by atoms with E-state index in [4.69, 9.17) is 9.47 Å². The molecule has 3 aromatic carbocycles. The van der Waals surface area contributed by atoms with Crippen LogP contribution in [0.25, 0.3) is 0 Å². The van der Waals surface area contributed by atoms with E-state index in [2.05, 4.69) is 41.0 Å². The summed E-state index contributed by atoms with van der Waals surface area (Å²) in [6, 6.07) is 17.9. The third kappa shape index (κ3) is 5.64. The Kier molecular flexibility index (Phi) is 8.14. The Balaban J connectivity index is 1.54. The van der Waals surface area contributed by atoms with Crippen molar-refractivity contribution in [2.24, 2.45) is 0 Å². The van der Waals surface area contributed by atoms with Gasteiger partial charge in [0.15, 0.2) is 0 Å². The maximum atomic E-state index is 14.8. The number of methoxy groups -OCH3 is 1. The van der Waals surface area contributed by atoms with Crippen LogP contribution in [0.4, 0.5) is 21.5 Å². The van der Waals surface area contributed by atoms with E-state index in [9.17, 15) is 9.18 Å². The summed E-state index contributed by atoms with van der Waals surface area (Å²) in [6.07, 6.45) is 2.67. The molecule has 0 saturated carbocycles. The lowest BCUT2D eigenvalue weighted by Gasteiger charge is -2.34. The number of ether oxygens (including phenoxy) is 2. The van der Waals surface area contributed by atoms with Crippen molar-refractivity contribution in [3.8, 4) is 5.75 Å². The van der Waals surface area contributed by atoms with Crippen LogP contribution in [0.5, 0.6) is 5.75 Å². The van der Waals surface area contributed by atoms with E-state index >= 15 is 0 Å². The first kappa shape index (κ1) is 25.5. The fraction of sp³-hybridized carbons (Fsp3) is 0.367. The maximum Gasteiger partial charge on any atom is 0.306 e. The molecule has 190 valence electrons. The molecule has 0 fully saturated rings. The van der Waals surface area contributed by atoms with Gasteiger partial charge in [-0.25, -0.2) is 4.39 Å². The Bertz CT molecular complexity index is 1230. The zero-order chi connectivity index (χ0) is 25.7. The molecule has 0 unspecified atom stereocenters. The van der Waals surface area contributed by atoms with Gasteiger partial charge < -0.3 is 19.3 Å². The van der Waals surface area contributed by atoms with Crippen molar-refractivity contribution in [2.45, 2.75) is 46.1 Å². The molecular formula is C30H35FN2O3. The molecule has 1 aliphatic heterocycles. The van der Waals surface area contributed by atoms with Crippen LogP contribution in [0.1, 0.15) is 42.0 Å². The number of aryl methyl sites for hydroxylation is 2. The number of hydrogen-bond donors (Lipinski definition) is 0. The van der Waals surface area contributed by atoms with E-state index in [-0.39, 0.29) is 18.2 Å². The minimum Gasteiger partial charge on any atom is -0.497 e. The van der Waals surface area contributed by atoms with E-state index < -0.39 is 0 Å². The van der Waals surface area contributed by atoms with Crippen LogP contribution in [0.15, 0.2) is 54.6 Å². The van der Waals surface area contributed by atoms with Crippen molar-refractivity contribution in [3.05, 3.63) is 82.7 Å². The fourth-order valence-corrected chi connectivity index (χ4v) is 4.92. The van der Waals surface area contributed by atoms with Gasteiger partial charge in [-0.15, -0.1) is 0 Å². The molecule has 0 spiro atoms. The quantitative estimate of drug-likeness (QED) is 0.327. The largest absolute Gasteiger partial charge is 0.497 e. The van der Waals surface area contributed by atoms with Gasteiger partial charge in [-0.1, -0.05) is 24.3 Å². The summed E-state index contributed by atoms with van der Waals surface area (Å²) < 4.78 is 25.2. The van der Waals surface area contributed by atoms with Crippen molar-refractivity contribution in [3.63, 3.8) is 0 Å². The molecule has 0 amide bonds. The van der Waals surface area contributed by atoms with E-state index in [1.165, 1.54) is 22.4 Å². The maximum absolute atomic E-state index is 14.8. The van der Waals surface area contributed by atoms with Crippen molar-refractivity contribution < 1.29 is 18.7 Å². The molecule has 1 aliphatic rings. The highest BCUT2D eigenvalue weighted by Gasteiger charge is 2.23. The normalized spacial score (nSPS) is 12.8.